The molecule has 0 saturated heterocycles. The van der Waals surface area contributed by atoms with Crippen LogP contribution in [0.1, 0.15) is 27.7 Å². The molecule has 0 spiro atoms. The van der Waals surface area contributed by atoms with Crippen molar-refractivity contribution in [2.75, 3.05) is 6.61 Å². The third-order valence-electron chi connectivity index (χ3n) is 1.69. The van der Waals surface area contributed by atoms with E-state index in [4.69, 9.17) is 5.11 Å². The first-order chi connectivity index (χ1) is 5.59. The van der Waals surface area contributed by atoms with Crippen molar-refractivity contribution < 1.29 is 5.11 Å². The molecule has 0 aromatic carbocycles. The second-order valence-corrected chi connectivity index (χ2v) is 3.39. The van der Waals surface area contributed by atoms with Gasteiger partial charge in [-0.25, -0.2) is 0 Å². The summed E-state index contributed by atoms with van der Waals surface area (Å²) in [7, 11) is 2.02. The summed E-state index contributed by atoms with van der Waals surface area (Å²) in [5, 5.41) is 8.53. The molecule has 0 aromatic rings. The number of hydrogen-bond acceptors (Lipinski definition) is 2. The zero-order valence-electron chi connectivity index (χ0n) is 8.49. The molecule has 0 aliphatic carbocycles. The van der Waals surface area contributed by atoms with Crippen molar-refractivity contribution in [2.45, 2.75) is 39.8 Å². The Bertz CT molecular complexity index is 126. The third-order valence-corrected chi connectivity index (χ3v) is 1.69. The average Bonchev–Trinajstić information content (AvgIpc) is 1.96. The van der Waals surface area contributed by atoms with Gasteiger partial charge in [-0.05, 0) is 12.1 Å². The maximum absolute atomic E-state index is 8.53. The first-order valence-corrected chi connectivity index (χ1v) is 4.48. The van der Waals surface area contributed by atoms with Crippen LogP contribution < -0.4 is 0 Å². The summed E-state index contributed by atoms with van der Waals surface area (Å²) in [5.41, 5.74) is 0. The second kappa shape index (κ2) is 6.26. The highest BCUT2D eigenvalue weighted by Gasteiger charge is 2.11. The van der Waals surface area contributed by atoms with Crippen LogP contribution in [0.2, 0.25) is 0 Å². The highest BCUT2D eigenvalue weighted by Crippen LogP contribution is 2.02. The number of rotatable bonds is 5. The maximum atomic E-state index is 8.53. The van der Waals surface area contributed by atoms with Crippen LogP contribution in [-0.2, 0) is 0 Å². The fourth-order valence-electron chi connectivity index (χ4n) is 1.16. The van der Waals surface area contributed by atoms with Gasteiger partial charge in [0, 0.05) is 0 Å². The quantitative estimate of drug-likeness (QED) is 0.624. The molecule has 0 aromatic heterocycles. The number of aliphatic hydroxyl groups is 1. The minimum absolute atomic E-state index is 0.112. The summed E-state index contributed by atoms with van der Waals surface area (Å²) in [5.74, 6) is 1.89. The molecule has 0 unspecified atom stereocenters. The van der Waals surface area contributed by atoms with Crippen LogP contribution in [-0.4, -0.2) is 36.0 Å². The van der Waals surface area contributed by atoms with Crippen LogP contribution in [0.3, 0.4) is 0 Å². The second-order valence-electron chi connectivity index (χ2n) is 3.39. The highest BCUT2D eigenvalue weighted by molar-refractivity contribution is 6.38. The predicted molar refractivity (Wildman–Crippen MR) is 54.1 cm³/mol. The molecule has 0 bridgehead atoms. The molecule has 12 heavy (non-hydrogen) atoms. The Morgan fingerprint density at radius 3 is 2.08 bits per heavy atom. The first-order valence-electron chi connectivity index (χ1n) is 4.48. The third kappa shape index (κ3) is 4.57. The van der Waals surface area contributed by atoms with Crippen molar-refractivity contribution in [2.24, 2.45) is 0 Å². The van der Waals surface area contributed by atoms with Gasteiger partial charge < -0.3 is 9.92 Å². The predicted octanol–water partition coefficient (Wildman–Crippen LogP) is 1.23. The fourth-order valence-corrected chi connectivity index (χ4v) is 1.16. The first kappa shape index (κ1) is 11.7. The van der Waals surface area contributed by atoms with E-state index in [-0.39, 0.29) is 6.61 Å². The van der Waals surface area contributed by atoms with Crippen LogP contribution in [0, 0.1) is 0 Å². The van der Waals surface area contributed by atoms with Gasteiger partial charge in [0.25, 0.3) is 0 Å². The summed E-state index contributed by atoms with van der Waals surface area (Å²) >= 11 is 0. The summed E-state index contributed by atoms with van der Waals surface area (Å²) in [6.07, 6.45) is 1.73. The summed E-state index contributed by atoms with van der Waals surface area (Å²) < 4.78 is 0. The molecular formula is C9H19BNO. The van der Waals surface area contributed by atoms with Crippen molar-refractivity contribution >= 4 is 7.41 Å². The SMILES string of the molecule is CC(C)N([B]/C=C/CO)C(C)C. The summed E-state index contributed by atoms with van der Waals surface area (Å²) in [6, 6.07) is 1.02. The van der Waals surface area contributed by atoms with Crippen LogP contribution in [0.5, 0.6) is 0 Å². The molecular weight excluding hydrogens is 149 g/mol. The van der Waals surface area contributed by atoms with Gasteiger partial charge in [0.1, 0.15) is 0 Å². The van der Waals surface area contributed by atoms with Crippen LogP contribution in [0.25, 0.3) is 0 Å². The number of aliphatic hydroxyl groups excluding tert-OH is 1. The van der Waals surface area contributed by atoms with Gasteiger partial charge in [-0.2, -0.15) is 0 Å². The van der Waals surface area contributed by atoms with Crippen molar-refractivity contribution in [3.05, 3.63) is 12.1 Å². The van der Waals surface area contributed by atoms with Crippen molar-refractivity contribution in [1.29, 1.82) is 0 Å². The molecule has 2 nitrogen and oxygen atoms in total. The normalized spacial score (nSPS) is 12.3. The van der Waals surface area contributed by atoms with Gasteiger partial charge in [-0.15, -0.1) is 5.98 Å². The van der Waals surface area contributed by atoms with E-state index in [1.807, 2.05) is 13.4 Å². The Balaban J connectivity index is 3.88. The van der Waals surface area contributed by atoms with Gasteiger partial charge in [0.2, 0.25) is 7.41 Å². The van der Waals surface area contributed by atoms with E-state index in [2.05, 4.69) is 32.5 Å². The zero-order valence-corrected chi connectivity index (χ0v) is 8.49. The van der Waals surface area contributed by atoms with Gasteiger partial charge in [-0.3, -0.25) is 0 Å². The zero-order chi connectivity index (χ0) is 9.56. The summed E-state index contributed by atoms with van der Waals surface area (Å²) in [6.45, 7) is 8.74. The smallest absolute Gasteiger partial charge is 0.239 e. The standard InChI is InChI=1S/C9H19BNO/c1-8(2)11(9(3)4)10-6-5-7-12/h5-6,8-9,12H,7H2,1-4H3/b6-5+. The van der Waals surface area contributed by atoms with E-state index < -0.39 is 0 Å². The molecule has 0 amide bonds. The van der Waals surface area contributed by atoms with E-state index in [1.165, 1.54) is 0 Å². The average molecular weight is 168 g/mol. The molecule has 69 valence electrons. The molecule has 0 aliphatic rings. The minimum Gasteiger partial charge on any atom is -0.392 e. The molecule has 0 aliphatic heterocycles. The maximum Gasteiger partial charge on any atom is 0.239 e. The lowest BCUT2D eigenvalue weighted by atomic mass is 9.87. The van der Waals surface area contributed by atoms with E-state index >= 15 is 0 Å². The van der Waals surface area contributed by atoms with E-state index in [0.29, 0.717) is 12.1 Å². The van der Waals surface area contributed by atoms with Crippen molar-refractivity contribution in [3.8, 4) is 0 Å². The highest BCUT2D eigenvalue weighted by atomic mass is 16.2. The Morgan fingerprint density at radius 2 is 1.75 bits per heavy atom. The molecule has 0 rings (SSSR count). The van der Waals surface area contributed by atoms with E-state index in [9.17, 15) is 0 Å². The minimum atomic E-state index is 0.112. The Kier molecular flexibility index (Phi) is 6.12. The van der Waals surface area contributed by atoms with Crippen molar-refractivity contribution in [1.82, 2.24) is 4.81 Å². The van der Waals surface area contributed by atoms with E-state index in [0.717, 1.165) is 0 Å². The van der Waals surface area contributed by atoms with Crippen LogP contribution in [0.4, 0.5) is 0 Å². The molecule has 0 saturated carbocycles. The summed E-state index contributed by atoms with van der Waals surface area (Å²) in [4.78, 5) is 2.24. The Hall–Kier alpha value is -0.275. The van der Waals surface area contributed by atoms with Gasteiger partial charge in [0.15, 0.2) is 0 Å². The molecule has 1 N–H and O–H groups in total. The van der Waals surface area contributed by atoms with Crippen LogP contribution in [0.15, 0.2) is 12.1 Å². The number of hydrogen-bond donors (Lipinski definition) is 1. The largest absolute Gasteiger partial charge is 0.392 e. The van der Waals surface area contributed by atoms with Gasteiger partial charge in [0.05, 0.1) is 6.61 Å². The fraction of sp³-hybridized carbons (Fsp3) is 0.778. The molecule has 0 atom stereocenters. The Labute approximate surface area is 76.5 Å². The lowest BCUT2D eigenvalue weighted by molar-refractivity contribution is 0.314. The van der Waals surface area contributed by atoms with Gasteiger partial charge >= 0.3 is 0 Å². The van der Waals surface area contributed by atoms with E-state index in [1.54, 1.807) is 6.08 Å². The monoisotopic (exact) mass is 168 g/mol. The topological polar surface area (TPSA) is 23.5 Å². The lowest BCUT2D eigenvalue weighted by Gasteiger charge is -2.28. The number of nitrogens with zero attached hydrogens (tertiary/aromatic N) is 1. The lowest BCUT2D eigenvalue weighted by Crippen LogP contribution is -2.39. The molecule has 1 radical (unpaired) electrons. The molecule has 0 heterocycles. The molecule has 0 fully saturated rings. The van der Waals surface area contributed by atoms with Crippen LogP contribution >= 0.6 is 0 Å². The molecule has 3 heteroatoms. The van der Waals surface area contributed by atoms with Crippen molar-refractivity contribution in [3.63, 3.8) is 0 Å². The Morgan fingerprint density at radius 1 is 1.25 bits per heavy atom. The van der Waals surface area contributed by atoms with Gasteiger partial charge in [-0.1, -0.05) is 33.8 Å².